The molecule has 0 aliphatic heterocycles. The van der Waals surface area contributed by atoms with Crippen LogP contribution in [0.2, 0.25) is 0 Å². The van der Waals surface area contributed by atoms with Gasteiger partial charge in [-0.25, -0.2) is 4.98 Å². The van der Waals surface area contributed by atoms with Crippen LogP contribution >= 0.6 is 0 Å². The fourth-order valence-corrected chi connectivity index (χ4v) is 2.93. The van der Waals surface area contributed by atoms with Crippen LogP contribution in [0.3, 0.4) is 0 Å². The zero-order chi connectivity index (χ0) is 20.3. The third-order valence-corrected chi connectivity index (χ3v) is 4.23. The first-order valence-electron chi connectivity index (χ1n) is 9.07. The Kier molecular flexibility index (Phi) is 5.70. The van der Waals surface area contributed by atoms with E-state index in [1.165, 1.54) is 0 Å². The standard InChI is InChI=1S/C20H24N6O2/c1-5-26-18(28)11-10-16-13(2)21-20(24-19(16)26)23-15-8-6-14(7-9-15)22-17(27)12-25(3)4/h6-11H,5,12H2,1-4H3,(H,22,27)(H,21,23,24). The summed E-state index contributed by atoms with van der Waals surface area (Å²) in [6.07, 6.45) is 0. The van der Waals surface area contributed by atoms with Gasteiger partial charge in [-0.05, 0) is 58.3 Å². The van der Waals surface area contributed by atoms with Gasteiger partial charge >= 0.3 is 0 Å². The predicted octanol–water partition coefficient (Wildman–Crippen LogP) is 2.36. The van der Waals surface area contributed by atoms with Gasteiger partial charge in [-0.3, -0.25) is 14.2 Å². The molecule has 0 unspecified atom stereocenters. The first kappa shape index (κ1) is 19.5. The number of aromatic nitrogens is 3. The molecule has 1 amide bonds. The Hall–Kier alpha value is -3.26. The highest BCUT2D eigenvalue weighted by Crippen LogP contribution is 2.20. The summed E-state index contributed by atoms with van der Waals surface area (Å²) in [5.74, 6) is 0.346. The molecule has 8 nitrogen and oxygen atoms in total. The summed E-state index contributed by atoms with van der Waals surface area (Å²) >= 11 is 0. The summed E-state index contributed by atoms with van der Waals surface area (Å²) in [7, 11) is 3.69. The Morgan fingerprint density at radius 3 is 2.39 bits per heavy atom. The molecule has 2 heterocycles. The molecule has 0 aliphatic carbocycles. The number of aryl methyl sites for hydroxylation is 2. The van der Waals surface area contributed by atoms with Gasteiger partial charge in [-0.15, -0.1) is 0 Å². The Labute approximate surface area is 163 Å². The molecule has 146 valence electrons. The van der Waals surface area contributed by atoms with Gasteiger partial charge in [0.15, 0.2) is 0 Å². The highest BCUT2D eigenvalue weighted by atomic mass is 16.2. The molecule has 3 aromatic rings. The molecule has 0 fully saturated rings. The van der Waals surface area contributed by atoms with E-state index in [4.69, 9.17) is 0 Å². The zero-order valence-corrected chi connectivity index (χ0v) is 16.5. The van der Waals surface area contributed by atoms with Crippen molar-refractivity contribution in [3.8, 4) is 0 Å². The lowest BCUT2D eigenvalue weighted by atomic mass is 10.2. The second-order valence-corrected chi connectivity index (χ2v) is 6.77. The van der Waals surface area contributed by atoms with Gasteiger partial charge in [0.25, 0.3) is 5.56 Å². The summed E-state index contributed by atoms with van der Waals surface area (Å²) in [5, 5.41) is 6.86. The van der Waals surface area contributed by atoms with Gasteiger partial charge in [0.2, 0.25) is 11.9 Å². The predicted molar refractivity (Wildman–Crippen MR) is 111 cm³/mol. The second kappa shape index (κ2) is 8.18. The van der Waals surface area contributed by atoms with E-state index in [2.05, 4.69) is 20.6 Å². The molecule has 0 saturated heterocycles. The van der Waals surface area contributed by atoms with Crippen molar-refractivity contribution in [1.82, 2.24) is 19.4 Å². The number of carbonyl (C=O) groups is 1. The molecule has 8 heteroatoms. The van der Waals surface area contributed by atoms with Crippen LogP contribution in [0.5, 0.6) is 0 Å². The summed E-state index contributed by atoms with van der Waals surface area (Å²) in [4.78, 5) is 34.7. The molecule has 0 aliphatic rings. The van der Waals surface area contributed by atoms with E-state index < -0.39 is 0 Å². The number of nitrogens with zero attached hydrogens (tertiary/aromatic N) is 4. The quantitative estimate of drug-likeness (QED) is 0.682. The fraction of sp³-hybridized carbons (Fsp3) is 0.300. The molecular weight excluding hydrogens is 356 g/mol. The number of fused-ring (bicyclic) bond motifs is 1. The monoisotopic (exact) mass is 380 g/mol. The van der Waals surface area contributed by atoms with Gasteiger partial charge in [-0.1, -0.05) is 0 Å². The summed E-state index contributed by atoms with van der Waals surface area (Å²) in [5.41, 5.74) is 2.82. The van der Waals surface area contributed by atoms with Crippen LogP contribution in [0.1, 0.15) is 12.6 Å². The van der Waals surface area contributed by atoms with Crippen molar-refractivity contribution in [3.05, 3.63) is 52.4 Å². The highest BCUT2D eigenvalue weighted by Gasteiger charge is 2.10. The van der Waals surface area contributed by atoms with Crippen LogP contribution in [0, 0.1) is 6.92 Å². The lowest BCUT2D eigenvalue weighted by molar-refractivity contribution is -0.116. The number of pyridine rings is 1. The van der Waals surface area contributed by atoms with Crippen LogP contribution in [0.25, 0.3) is 11.0 Å². The zero-order valence-electron chi connectivity index (χ0n) is 16.5. The summed E-state index contributed by atoms with van der Waals surface area (Å²) < 4.78 is 1.62. The number of hydrogen-bond donors (Lipinski definition) is 2. The van der Waals surface area contributed by atoms with E-state index in [9.17, 15) is 9.59 Å². The van der Waals surface area contributed by atoms with E-state index in [-0.39, 0.29) is 11.5 Å². The maximum absolute atomic E-state index is 12.1. The minimum absolute atomic E-state index is 0.0725. The van der Waals surface area contributed by atoms with Crippen LogP contribution in [0.15, 0.2) is 41.2 Å². The van der Waals surface area contributed by atoms with Gasteiger partial charge in [0.1, 0.15) is 5.65 Å². The third-order valence-electron chi connectivity index (χ3n) is 4.23. The Balaban J connectivity index is 1.83. The van der Waals surface area contributed by atoms with E-state index >= 15 is 0 Å². The normalized spacial score (nSPS) is 11.0. The number of rotatable bonds is 6. The van der Waals surface area contributed by atoms with Crippen LogP contribution < -0.4 is 16.2 Å². The number of likely N-dealkylation sites (N-methyl/N-ethyl adjacent to an activating group) is 1. The highest BCUT2D eigenvalue weighted by molar-refractivity contribution is 5.92. The molecule has 3 rings (SSSR count). The van der Waals surface area contributed by atoms with E-state index in [1.54, 1.807) is 21.6 Å². The minimum atomic E-state index is -0.0862. The Morgan fingerprint density at radius 2 is 1.75 bits per heavy atom. The molecule has 28 heavy (non-hydrogen) atoms. The number of nitrogens with one attached hydrogen (secondary N) is 2. The number of benzene rings is 1. The molecular formula is C20H24N6O2. The average molecular weight is 380 g/mol. The Morgan fingerprint density at radius 1 is 1.07 bits per heavy atom. The van der Waals surface area contributed by atoms with Crippen LogP contribution in [-0.2, 0) is 11.3 Å². The van der Waals surface area contributed by atoms with Crippen molar-refractivity contribution < 1.29 is 4.79 Å². The summed E-state index contributed by atoms with van der Waals surface area (Å²) in [6, 6.07) is 10.6. The lowest BCUT2D eigenvalue weighted by Crippen LogP contribution is -2.27. The van der Waals surface area contributed by atoms with Crippen molar-refractivity contribution in [2.75, 3.05) is 31.3 Å². The number of carbonyl (C=O) groups excluding carboxylic acids is 1. The smallest absolute Gasteiger partial charge is 0.252 e. The van der Waals surface area contributed by atoms with E-state index in [1.807, 2.05) is 52.2 Å². The van der Waals surface area contributed by atoms with Crippen LogP contribution in [0.4, 0.5) is 17.3 Å². The molecule has 0 bridgehead atoms. The van der Waals surface area contributed by atoms with Gasteiger partial charge in [-0.2, -0.15) is 4.98 Å². The molecule has 0 spiro atoms. The Bertz CT molecular complexity index is 1060. The maximum atomic E-state index is 12.1. The van der Waals surface area contributed by atoms with E-state index in [0.717, 1.165) is 16.8 Å². The minimum Gasteiger partial charge on any atom is -0.325 e. The van der Waals surface area contributed by atoms with Crippen molar-refractivity contribution in [2.24, 2.45) is 0 Å². The topological polar surface area (TPSA) is 92.2 Å². The molecule has 0 saturated carbocycles. The largest absolute Gasteiger partial charge is 0.325 e. The van der Waals surface area contributed by atoms with Gasteiger partial charge in [0.05, 0.1) is 12.2 Å². The molecule has 1 aromatic carbocycles. The van der Waals surface area contributed by atoms with Gasteiger partial charge < -0.3 is 15.5 Å². The average Bonchev–Trinajstić information content (AvgIpc) is 2.62. The van der Waals surface area contributed by atoms with Crippen molar-refractivity contribution in [1.29, 1.82) is 0 Å². The molecule has 2 aromatic heterocycles. The maximum Gasteiger partial charge on any atom is 0.252 e. The molecule has 0 radical (unpaired) electrons. The molecule has 0 atom stereocenters. The lowest BCUT2D eigenvalue weighted by Gasteiger charge is -2.12. The number of anilines is 3. The molecule has 2 N–H and O–H groups in total. The first-order chi connectivity index (χ1) is 13.4. The fourth-order valence-electron chi connectivity index (χ4n) is 2.93. The number of hydrogen-bond acceptors (Lipinski definition) is 6. The van der Waals surface area contributed by atoms with Crippen molar-refractivity contribution in [2.45, 2.75) is 20.4 Å². The SMILES string of the molecule is CCn1c(=O)ccc2c(C)nc(Nc3ccc(NC(=O)CN(C)C)cc3)nc21. The van der Waals surface area contributed by atoms with Crippen LogP contribution in [-0.4, -0.2) is 46.0 Å². The van der Waals surface area contributed by atoms with E-state index in [0.29, 0.717) is 30.4 Å². The third kappa shape index (κ3) is 4.34. The number of amides is 1. The second-order valence-electron chi connectivity index (χ2n) is 6.77. The summed E-state index contributed by atoms with van der Waals surface area (Å²) in [6.45, 7) is 4.66. The van der Waals surface area contributed by atoms with Gasteiger partial charge in [0, 0.05) is 29.4 Å². The first-order valence-corrected chi connectivity index (χ1v) is 9.07. The van der Waals surface area contributed by atoms with Crippen molar-refractivity contribution >= 4 is 34.3 Å². The van der Waals surface area contributed by atoms with Crippen molar-refractivity contribution in [3.63, 3.8) is 0 Å².